The van der Waals surface area contributed by atoms with Gasteiger partial charge in [0.25, 0.3) is 5.91 Å². The van der Waals surface area contributed by atoms with Crippen molar-refractivity contribution >= 4 is 35.2 Å². The van der Waals surface area contributed by atoms with E-state index < -0.39 is 17.8 Å². The molecule has 1 saturated heterocycles. The quantitative estimate of drug-likeness (QED) is 0.643. The summed E-state index contributed by atoms with van der Waals surface area (Å²) in [5.41, 5.74) is 1.40. The van der Waals surface area contributed by atoms with Gasteiger partial charge in [-0.05, 0) is 63.8 Å². The molecule has 1 aromatic rings. The summed E-state index contributed by atoms with van der Waals surface area (Å²) in [6.45, 7) is 9.08. The van der Waals surface area contributed by atoms with Crippen LogP contribution in [0.1, 0.15) is 51.3 Å². The Bertz CT molecular complexity index is 794. The Morgan fingerprint density at radius 1 is 1.21 bits per heavy atom. The molecule has 0 radical (unpaired) electrons. The van der Waals surface area contributed by atoms with Crippen LogP contribution in [0.25, 0.3) is 0 Å². The summed E-state index contributed by atoms with van der Waals surface area (Å²) in [6, 6.07) is 3.42. The highest BCUT2D eigenvalue weighted by Crippen LogP contribution is 2.37. The lowest BCUT2D eigenvalue weighted by molar-refractivity contribution is -0.146. The van der Waals surface area contributed by atoms with Crippen molar-refractivity contribution in [2.45, 2.75) is 58.3 Å². The van der Waals surface area contributed by atoms with Crippen LogP contribution in [0.15, 0.2) is 12.1 Å². The normalized spacial score (nSPS) is 22.7. The van der Waals surface area contributed by atoms with Gasteiger partial charge < -0.3 is 19.3 Å². The smallest absolute Gasteiger partial charge is 0.410 e. The van der Waals surface area contributed by atoms with Crippen LogP contribution < -0.4 is 0 Å². The summed E-state index contributed by atoms with van der Waals surface area (Å²) >= 11 is 12.6. The Kier molecular flexibility index (Phi) is 6.66. The zero-order valence-electron chi connectivity index (χ0n) is 17.3. The van der Waals surface area contributed by atoms with Crippen LogP contribution in [0, 0.1) is 0 Å². The lowest BCUT2D eigenvalue weighted by Crippen LogP contribution is -2.49. The van der Waals surface area contributed by atoms with Gasteiger partial charge in [0.1, 0.15) is 5.60 Å². The highest BCUT2D eigenvalue weighted by molar-refractivity contribution is 6.35. The molecule has 3 rings (SSSR count). The Hall–Kier alpha value is -1.50. The van der Waals surface area contributed by atoms with Gasteiger partial charge in [0, 0.05) is 29.7 Å². The summed E-state index contributed by atoms with van der Waals surface area (Å²) in [5.74, 6) is -0.135. The number of fused-ring (bicyclic) bond motifs is 1. The first kappa shape index (κ1) is 22.2. The second-order valence-electron chi connectivity index (χ2n) is 8.56. The molecule has 0 aromatic heterocycles. The molecule has 8 heteroatoms. The van der Waals surface area contributed by atoms with Crippen molar-refractivity contribution < 1.29 is 19.1 Å². The Morgan fingerprint density at radius 3 is 2.62 bits per heavy atom. The van der Waals surface area contributed by atoms with Crippen LogP contribution in [-0.4, -0.2) is 59.7 Å². The molecule has 0 unspecified atom stereocenters. The summed E-state index contributed by atoms with van der Waals surface area (Å²) in [7, 11) is 0. The van der Waals surface area contributed by atoms with Crippen molar-refractivity contribution in [1.82, 2.24) is 9.80 Å². The van der Waals surface area contributed by atoms with E-state index in [1.807, 2.05) is 33.8 Å². The average Bonchev–Trinajstić information content (AvgIpc) is 2.85. The molecular formula is C21H28Cl2N2O4. The highest BCUT2D eigenvalue weighted by Gasteiger charge is 2.37. The molecule has 2 amide bonds. The van der Waals surface area contributed by atoms with Crippen LogP contribution in [0.5, 0.6) is 0 Å². The lowest BCUT2D eigenvalue weighted by Gasteiger charge is -2.38. The molecule has 1 aromatic carbocycles. The molecule has 0 spiro atoms. The largest absolute Gasteiger partial charge is 0.444 e. The Morgan fingerprint density at radius 2 is 1.93 bits per heavy atom. The molecule has 0 bridgehead atoms. The van der Waals surface area contributed by atoms with Crippen molar-refractivity contribution in [3.05, 3.63) is 33.3 Å². The van der Waals surface area contributed by atoms with E-state index in [9.17, 15) is 9.59 Å². The Balaban J connectivity index is 1.76. The van der Waals surface area contributed by atoms with Crippen LogP contribution in [-0.2, 0) is 20.7 Å². The molecule has 2 atom stereocenters. The summed E-state index contributed by atoms with van der Waals surface area (Å²) in [5, 5.41) is 1.16. The predicted octanol–water partition coefficient (Wildman–Crippen LogP) is 4.47. The second kappa shape index (κ2) is 8.70. The molecule has 29 heavy (non-hydrogen) atoms. The number of benzene rings is 1. The predicted molar refractivity (Wildman–Crippen MR) is 112 cm³/mol. The topological polar surface area (TPSA) is 59.1 Å². The van der Waals surface area contributed by atoms with Crippen molar-refractivity contribution in [3.63, 3.8) is 0 Å². The molecule has 2 heterocycles. The lowest BCUT2D eigenvalue weighted by atomic mass is 9.93. The number of carbonyl (C=O) groups excluding carboxylic acids is 2. The number of ether oxygens (including phenoxy) is 2. The number of amides is 2. The fraction of sp³-hybridized carbons (Fsp3) is 0.619. The van der Waals surface area contributed by atoms with Gasteiger partial charge >= 0.3 is 6.09 Å². The molecule has 2 aliphatic heterocycles. The fourth-order valence-corrected chi connectivity index (χ4v) is 4.55. The van der Waals surface area contributed by atoms with Crippen LogP contribution >= 0.6 is 23.2 Å². The maximum absolute atomic E-state index is 13.3. The van der Waals surface area contributed by atoms with Crippen molar-refractivity contribution in [3.8, 4) is 0 Å². The van der Waals surface area contributed by atoms with Gasteiger partial charge in [-0.25, -0.2) is 4.79 Å². The number of halogens is 2. The standard InChI is InChI=1S/C21H28Cl2N2O4/c1-13-18-14(10-15(22)11-16(18)23)6-8-25(13)19(26)17-12-24(7-5-9-28-17)20(27)29-21(2,3)4/h10-11,13,17H,5-9,12H2,1-4H3/t13-,17+/m0/s1. The van der Waals surface area contributed by atoms with Crippen LogP contribution in [0.4, 0.5) is 4.79 Å². The van der Waals surface area contributed by atoms with Gasteiger partial charge in [-0.15, -0.1) is 0 Å². The summed E-state index contributed by atoms with van der Waals surface area (Å²) in [6.07, 6.45) is 0.190. The minimum absolute atomic E-state index is 0.135. The first-order chi connectivity index (χ1) is 13.6. The average molecular weight is 443 g/mol. The number of hydrogen-bond acceptors (Lipinski definition) is 4. The molecule has 0 aliphatic carbocycles. The maximum Gasteiger partial charge on any atom is 0.410 e. The first-order valence-corrected chi connectivity index (χ1v) is 10.7. The van der Waals surface area contributed by atoms with Gasteiger partial charge in [0.05, 0.1) is 12.6 Å². The maximum atomic E-state index is 13.3. The molecule has 1 fully saturated rings. The third kappa shape index (κ3) is 5.16. The van der Waals surface area contributed by atoms with Gasteiger partial charge in [-0.1, -0.05) is 23.2 Å². The molecule has 6 nitrogen and oxygen atoms in total. The minimum atomic E-state index is -0.722. The monoisotopic (exact) mass is 442 g/mol. The van der Waals surface area contributed by atoms with E-state index in [2.05, 4.69) is 0 Å². The first-order valence-electron chi connectivity index (χ1n) is 9.94. The SMILES string of the molecule is C[C@H]1c2c(Cl)cc(Cl)cc2CCN1C(=O)[C@H]1CN(C(=O)OC(C)(C)C)CCCO1. The number of carbonyl (C=O) groups is 2. The van der Waals surface area contributed by atoms with Crippen molar-refractivity contribution in [1.29, 1.82) is 0 Å². The van der Waals surface area contributed by atoms with E-state index in [-0.39, 0.29) is 18.5 Å². The van der Waals surface area contributed by atoms with Crippen LogP contribution in [0.3, 0.4) is 0 Å². The Labute approximate surface area is 182 Å². The van der Waals surface area contributed by atoms with E-state index in [0.29, 0.717) is 42.6 Å². The van der Waals surface area contributed by atoms with Crippen molar-refractivity contribution in [2.24, 2.45) is 0 Å². The third-order valence-electron chi connectivity index (χ3n) is 5.18. The van der Waals surface area contributed by atoms with Gasteiger partial charge in [0.2, 0.25) is 0 Å². The zero-order valence-corrected chi connectivity index (χ0v) is 18.8. The second-order valence-corrected chi connectivity index (χ2v) is 9.40. The fourth-order valence-electron chi connectivity index (χ4n) is 3.86. The zero-order chi connectivity index (χ0) is 21.3. The molecule has 0 N–H and O–H groups in total. The highest BCUT2D eigenvalue weighted by atomic mass is 35.5. The minimum Gasteiger partial charge on any atom is -0.444 e. The van der Waals surface area contributed by atoms with Gasteiger partial charge in [0.15, 0.2) is 6.10 Å². The van der Waals surface area contributed by atoms with E-state index >= 15 is 0 Å². The van der Waals surface area contributed by atoms with E-state index in [4.69, 9.17) is 32.7 Å². The number of rotatable bonds is 1. The third-order valence-corrected chi connectivity index (χ3v) is 5.71. The molecule has 0 saturated carbocycles. The summed E-state index contributed by atoms with van der Waals surface area (Å²) < 4.78 is 11.3. The van der Waals surface area contributed by atoms with Gasteiger partial charge in [-0.3, -0.25) is 4.79 Å². The van der Waals surface area contributed by atoms with E-state index in [1.54, 1.807) is 15.9 Å². The number of hydrogen-bond donors (Lipinski definition) is 0. The van der Waals surface area contributed by atoms with Crippen molar-refractivity contribution in [2.75, 3.05) is 26.2 Å². The van der Waals surface area contributed by atoms with Gasteiger partial charge in [-0.2, -0.15) is 0 Å². The summed E-state index contributed by atoms with van der Waals surface area (Å²) in [4.78, 5) is 29.2. The van der Waals surface area contributed by atoms with E-state index in [1.165, 1.54) is 0 Å². The molecule has 2 aliphatic rings. The van der Waals surface area contributed by atoms with E-state index in [0.717, 1.165) is 11.1 Å². The molecular weight excluding hydrogens is 415 g/mol. The van der Waals surface area contributed by atoms with Crippen LogP contribution in [0.2, 0.25) is 10.0 Å². The molecule has 160 valence electrons. The number of nitrogens with zero attached hydrogens (tertiary/aromatic N) is 2.